The van der Waals surface area contributed by atoms with Gasteiger partial charge in [-0.2, -0.15) is 0 Å². The van der Waals surface area contributed by atoms with Crippen LogP contribution in [0.3, 0.4) is 0 Å². The van der Waals surface area contributed by atoms with Gasteiger partial charge in [0.2, 0.25) is 5.91 Å². The summed E-state index contributed by atoms with van der Waals surface area (Å²) < 4.78 is 0. The Kier molecular flexibility index (Phi) is 3.27. The average molecular weight is 216 g/mol. The number of carbonyl (C=O) groups excluding carboxylic acids is 1. The maximum atomic E-state index is 11.5. The van der Waals surface area contributed by atoms with Gasteiger partial charge in [0.05, 0.1) is 18.8 Å². The molecule has 0 spiro atoms. The van der Waals surface area contributed by atoms with E-state index in [2.05, 4.69) is 28.2 Å². The van der Waals surface area contributed by atoms with Gasteiger partial charge in [-0.25, -0.2) is 0 Å². The number of hydrogen-bond acceptors (Lipinski definition) is 5. The minimum absolute atomic E-state index is 0.0115. The van der Waals surface area contributed by atoms with Crippen LogP contribution in [0.25, 0.3) is 0 Å². The van der Waals surface area contributed by atoms with Gasteiger partial charge < -0.3 is 5.32 Å². The minimum atomic E-state index is 0.0115. The molecule has 1 amide bonds. The first-order chi connectivity index (χ1) is 6.81. The molecular weight excluding hydrogens is 200 g/mol. The van der Waals surface area contributed by atoms with E-state index in [0.717, 1.165) is 12.3 Å². The molecule has 0 saturated carbocycles. The highest BCUT2D eigenvalue weighted by molar-refractivity contribution is 7.99. The van der Waals surface area contributed by atoms with Gasteiger partial charge in [-0.15, -0.1) is 11.8 Å². The summed E-state index contributed by atoms with van der Waals surface area (Å²) in [5.74, 6) is 1.21. The summed E-state index contributed by atoms with van der Waals surface area (Å²) in [7, 11) is 0. The lowest BCUT2D eigenvalue weighted by Crippen LogP contribution is -2.69. The van der Waals surface area contributed by atoms with Gasteiger partial charge >= 0.3 is 0 Å². The van der Waals surface area contributed by atoms with Crippen LogP contribution in [-0.2, 0) is 4.79 Å². The van der Waals surface area contributed by atoms with Crippen molar-refractivity contribution in [3.63, 3.8) is 0 Å². The van der Waals surface area contributed by atoms with E-state index in [1.807, 2.05) is 11.8 Å². The summed E-state index contributed by atoms with van der Waals surface area (Å²) in [6, 6.07) is 0. The lowest BCUT2D eigenvalue weighted by molar-refractivity contribution is -0.129. The number of nitrogens with one attached hydrogen (secondary N) is 4. The lowest BCUT2D eigenvalue weighted by atomic mass is 10.0. The Morgan fingerprint density at radius 2 is 2.36 bits per heavy atom. The van der Waals surface area contributed by atoms with Crippen molar-refractivity contribution >= 4 is 17.7 Å². The van der Waals surface area contributed by atoms with Gasteiger partial charge in [0.1, 0.15) is 5.50 Å². The summed E-state index contributed by atoms with van der Waals surface area (Å²) in [6.07, 6.45) is 0.119. The van der Waals surface area contributed by atoms with E-state index in [-0.39, 0.29) is 23.5 Å². The molecule has 2 heterocycles. The first-order valence-electron chi connectivity index (χ1n) is 4.93. The summed E-state index contributed by atoms with van der Waals surface area (Å²) in [5, 5.41) is 12.7. The van der Waals surface area contributed by atoms with Crippen LogP contribution in [0.5, 0.6) is 0 Å². The highest BCUT2D eigenvalue weighted by atomic mass is 32.2. The molecule has 5 nitrogen and oxygen atoms in total. The molecule has 2 aliphatic rings. The van der Waals surface area contributed by atoms with Crippen LogP contribution >= 0.6 is 11.8 Å². The van der Waals surface area contributed by atoms with E-state index in [4.69, 9.17) is 0 Å². The van der Waals surface area contributed by atoms with E-state index < -0.39 is 0 Å². The third kappa shape index (κ3) is 2.03. The number of thioether (sulfide) groups is 1. The number of amides is 1. The molecule has 0 aromatic heterocycles. The Bertz CT molecular complexity index is 225. The molecule has 0 aromatic rings. The Morgan fingerprint density at radius 3 is 3.14 bits per heavy atom. The van der Waals surface area contributed by atoms with E-state index in [1.165, 1.54) is 0 Å². The Hall–Kier alpha value is -0.300. The van der Waals surface area contributed by atoms with E-state index >= 15 is 0 Å². The normalized spacial score (nSPS) is 37.5. The van der Waals surface area contributed by atoms with Crippen molar-refractivity contribution in [1.82, 2.24) is 21.3 Å². The van der Waals surface area contributed by atoms with Crippen molar-refractivity contribution in [2.75, 3.05) is 19.0 Å². The van der Waals surface area contributed by atoms with Crippen molar-refractivity contribution in [2.24, 2.45) is 5.92 Å². The molecule has 0 aliphatic carbocycles. The van der Waals surface area contributed by atoms with Crippen molar-refractivity contribution in [1.29, 1.82) is 0 Å². The smallest absolute Gasteiger partial charge is 0.228 e. The van der Waals surface area contributed by atoms with E-state index in [0.29, 0.717) is 6.67 Å². The van der Waals surface area contributed by atoms with Gasteiger partial charge in [-0.1, -0.05) is 6.92 Å². The Labute approximate surface area is 87.8 Å². The molecule has 2 saturated heterocycles. The SMILES string of the molecule is CCSC1NCC2C(=O)NCNC2N1. The van der Waals surface area contributed by atoms with Gasteiger partial charge in [-0.05, 0) is 5.75 Å². The van der Waals surface area contributed by atoms with Crippen LogP contribution in [0.4, 0.5) is 0 Å². The largest absolute Gasteiger partial charge is 0.343 e. The van der Waals surface area contributed by atoms with Crippen LogP contribution in [0.1, 0.15) is 6.92 Å². The molecular formula is C8H16N4OS. The summed E-state index contributed by atoms with van der Waals surface area (Å²) in [4.78, 5) is 11.5. The number of hydrogen-bond donors (Lipinski definition) is 4. The standard InChI is InChI=1S/C8H16N4OS/c1-2-14-8-9-3-5-6(12-8)10-4-11-7(5)13/h5-6,8-10,12H,2-4H2,1H3,(H,11,13). The number of rotatable bonds is 2. The van der Waals surface area contributed by atoms with Gasteiger partial charge in [0, 0.05) is 6.54 Å². The first-order valence-corrected chi connectivity index (χ1v) is 5.98. The second-order valence-corrected chi connectivity index (χ2v) is 4.80. The lowest BCUT2D eigenvalue weighted by Gasteiger charge is -2.40. The van der Waals surface area contributed by atoms with E-state index in [1.54, 1.807) is 0 Å². The minimum Gasteiger partial charge on any atom is -0.343 e. The first kappa shape index (κ1) is 10.2. The molecule has 6 heteroatoms. The van der Waals surface area contributed by atoms with Gasteiger partial charge in [-0.3, -0.25) is 20.7 Å². The highest BCUT2D eigenvalue weighted by Gasteiger charge is 2.36. The van der Waals surface area contributed by atoms with Crippen LogP contribution in [0.15, 0.2) is 0 Å². The van der Waals surface area contributed by atoms with Crippen molar-refractivity contribution < 1.29 is 4.79 Å². The topological polar surface area (TPSA) is 65.2 Å². The quantitative estimate of drug-likeness (QED) is 0.469. The maximum absolute atomic E-state index is 11.5. The van der Waals surface area contributed by atoms with Crippen molar-refractivity contribution in [3.8, 4) is 0 Å². The van der Waals surface area contributed by atoms with Crippen LogP contribution in [0, 0.1) is 5.92 Å². The third-order valence-electron chi connectivity index (χ3n) is 2.51. The average Bonchev–Trinajstić information content (AvgIpc) is 2.18. The fraction of sp³-hybridized carbons (Fsp3) is 0.875. The second kappa shape index (κ2) is 4.48. The summed E-state index contributed by atoms with van der Waals surface area (Å²) in [6.45, 7) is 3.44. The number of fused-ring (bicyclic) bond motifs is 1. The van der Waals surface area contributed by atoms with Crippen LogP contribution in [-0.4, -0.2) is 36.5 Å². The fourth-order valence-electron chi connectivity index (χ4n) is 1.79. The molecule has 2 aliphatic heterocycles. The maximum Gasteiger partial charge on any atom is 0.228 e. The molecule has 0 bridgehead atoms. The van der Waals surface area contributed by atoms with Gasteiger partial charge in [0.25, 0.3) is 0 Å². The molecule has 0 aromatic carbocycles. The number of carbonyl (C=O) groups is 1. The predicted octanol–water partition coefficient (Wildman–Crippen LogP) is -1.16. The molecule has 80 valence electrons. The summed E-state index contributed by atoms with van der Waals surface area (Å²) in [5.41, 5.74) is 0.264. The molecule has 4 N–H and O–H groups in total. The molecule has 3 unspecified atom stereocenters. The monoisotopic (exact) mass is 216 g/mol. The zero-order valence-corrected chi connectivity index (χ0v) is 8.99. The van der Waals surface area contributed by atoms with Gasteiger partial charge in [0.15, 0.2) is 0 Å². The summed E-state index contributed by atoms with van der Waals surface area (Å²) >= 11 is 1.82. The highest BCUT2D eigenvalue weighted by Crippen LogP contribution is 2.15. The zero-order chi connectivity index (χ0) is 9.97. The van der Waals surface area contributed by atoms with Crippen LogP contribution in [0.2, 0.25) is 0 Å². The molecule has 2 rings (SSSR count). The fourth-order valence-corrected chi connectivity index (χ4v) is 2.58. The molecule has 0 radical (unpaired) electrons. The molecule has 3 atom stereocenters. The second-order valence-electron chi connectivity index (χ2n) is 3.42. The Morgan fingerprint density at radius 1 is 1.50 bits per heavy atom. The zero-order valence-electron chi connectivity index (χ0n) is 8.17. The van der Waals surface area contributed by atoms with Crippen molar-refractivity contribution in [2.45, 2.75) is 18.6 Å². The van der Waals surface area contributed by atoms with Crippen molar-refractivity contribution in [3.05, 3.63) is 0 Å². The molecule has 14 heavy (non-hydrogen) atoms. The van der Waals surface area contributed by atoms with Crippen LogP contribution < -0.4 is 21.3 Å². The van der Waals surface area contributed by atoms with E-state index in [9.17, 15) is 4.79 Å². The predicted molar refractivity (Wildman–Crippen MR) is 56.5 cm³/mol. The third-order valence-corrected chi connectivity index (χ3v) is 3.48. The molecule has 2 fully saturated rings. The Balaban J connectivity index is 1.93.